The Morgan fingerprint density at radius 1 is 1.42 bits per heavy atom. The number of nitrogens with one attached hydrogen (secondary N) is 2. The van der Waals surface area contributed by atoms with Gasteiger partial charge < -0.3 is 29.8 Å². The van der Waals surface area contributed by atoms with Crippen molar-refractivity contribution in [3.63, 3.8) is 0 Å². The van der Waals surface area contributed by atoms with Crippen molar-refractivity contribution < 1.29 is 19.1 Å². The lowest BCUT2D eigenvalue weighted by atomic mass is 9.95. The van der Waals surface area contributed by atoms with Gasteiger partial charge in [0.2, 0.25) is 0 Å². The van der Waals surface area contributed by atoms with Crippen molar-refractivity contribution in [2.75, 3.05) is 63.8 Å². The molecule has 0 saturated carbocycles. The van der Waals surface area contributed by atoms with E-state index in [0.717, 1.165) is 18.8 Å². The first-order valence-corrected chi connectivity index (χ1v) is 11.0. The summed E-state index contributed by atoms with van der Waals surface area (Å²) in [6, 6.07) is 1.58. The molecule has 0 fully saturated rings. The van der Waals surface area contributed by atoms with Gasteiger partial charge in [-0.25, -0.2) is 9.87 Å². The SMILES string of the molecule is C=C(CC)C(O)c1cc(F)c(N(CC)CCNC)c2c1N(C)C(C)CO2.CCONC. The Labute approximate surface area is 187 Å². The molecule has 1 aliphatic rings. The molecule has 1 heterocycles. The smallest absolute Gasteiger partial charge is 0.169 e. The van der Waals surface area contributed by atoms with Crippen LogP contribution < -0.4 is 25.3 Å². The quantitative estimate of drug-likeness (QED) is 0.381. The molecule has 8 heteroatoms. The summed E-state index contributed by atoms with van der Waals surface area (Å²) in [6.07, 6.45) is -0.288. The number of hydroxylamine groups is 1. The van der Waals surface area contributed by atoms with Crippen LogP contribution in [0.4, 0.5) is 15.8 Å². The summed E-state index contributed by atoms with van der Waals surface area (Å²) in [4.78, 5) is 8.62. The highest BCUT2D eigenvalue weighted by Gasteiger charge is 2.33. The second kappa shape index (κ2) is 13.5. The predicted octanol–water partition coefficient (Wildman–Crippen LogP) is 3.25. The number of hydrogen-bond donors (Lipinski definition) is 3. The fraction of sp³-hybridized carbons (Fsp3) is 0.652. The molecule has 3 N–H and O–H groups in total. The zero-order valence-corrected chi connectivity index (χ0v) is 20.2. The fourth-order valence-corrected chi connectivity index (χ4v) is 3.40. The first-order valence-electron chi connectivity index (χ1n) is 11.0. The van der Waals surface area contributed by atoms with Gasteiger partial charge in [0, 0.05) is 39.3 Å². The van der Waals surface area contributed by atoms with Crippen LogP contribution in [0.25, 0.3) is 0 Å². The van der Waals surface area contributed by atoms with E-state index in [1.54, 1.807) is 7.05 Å². The van der Waals surface area contributed by atoms with E-state index < -0.39 is 6.10 Å². The zero-order chi connectivity index (χ0) is 23.6. The second-order valence-electron chi connectivity index (χ2n) is 7.48. The number of nitrogens with zero attached hydrogens (tertiary/aromatic N) is 2. The zero-order valence-electron chi connectivity index (χ0n) is 20.2. The molecule has 0 aliphatic carbocycles. The normalized spacial score (nSPS) is 16.0. The molecule has 0 aromatic heterocycles. The molecule has 7 nitrogen and oxygen atoms in total. The van der Waals surface area contributed by atoms with Gasteiger partial charge in [-0.2, -0.15) is 0 Å². The Kier molecular flexibility index (Phi) is 11.8. The van der Waals surface area contributed by atoms with E-state index in [-0.39, 0.29) is 11.9 Å². The van der Waals surface area contributed by atoms with Gasteiger partial charge in [0.25, 0.3) is 0 Å². The Balaban J connectivity index is 0.000000861. The predicted molar refractivity (Wildman–Crippen MR) is 127 cm³/mol. The highest BCUT2D eigenvalue weighted by Crippen LogP contribution is 2.48. The van der Waals surface area contributed by atoms with Crippen molar-refractivity contribution >= 4 is 11.4 Å². The van der Waals surface area contributed by atoms with Crippen molar-refractivity contribution in [2.45, 2.75) is 46.3 Å². The van der Waals surface area contributed by atoms with E-state index in [2.05, 4.69) is 34.0 Å². The minimum Gasteiger partial charge on any atom is -0.487 e. The minimum atomic E-state index is -0.916. The molecular formula is C23H41FN4O3. The number of fused-ring (bicyclic) bond motifs is 1. The molecule has 0 amide bonds. The lowest BCUT2D eigenvalue weighted by molar-refractivity contribution is 0.0687. The first-order chi connectivity index (χ1) is 14.8. The second-order valence-corrected chi connectivity index (χ2v) is 7.48. The van der Waals surface area contributed by atoms with Gasteiger partial charge in [-0.1, -0.05) is 13.5 Å². The van der Waals surface area contributed by atoms with Crippen LogP contribution in [0.15, 0.2) is 18.2 Å². The van der Waals surface area contributed by atoms with E-state index in [0.29, 0.717) is 48.7 Å². The van der Waals surface area contributed by atoms with Crippen LogP contribution in [0.1, 0.15) is 45.8 Å². The highest BCUT2D eigenvalue weighted by molar-refractivity contribution is 5.78. The third-order valence-corrected chi connectivity index (χ3v) is 5.45. The number of hydrogen-bond acceptors (Lipinski definition) is 7. The van der Waals surface area contributed by atoms with Crippen LogP contribution in [0.2, 0.25) is 0 Å². The average Bonchev–Trinajstić information content (AvgIpc) is 2.77. The van der Waals surface area contributed by atoms with E-state index >= 15 is 4.39 Å². The molecular weight excluding hydrogens is 399 g/mol. The molecule has 31 heavy (non-hydrogen) atoms. The van der Waals surface area contributed by atoms with Crippen LogP contribution in [-0.2, 0) is 4.84 Å². The Bertz CT molecular complexity index is 700. The van der Waals surface area contributed by atoms with Crippen molar-refractivity contribution in [1.82, 2.24) is 10.8 Å². The summed E-state index contributed by atoms with van der Waals surface area (Å²) in [5, 5.41) is 13.8. The highest BCUT2D eigenvalue weighted by atomic mass is 19.1. The van der Waals surface area contributed by atoms with Crippen LogP contribution >= 0.6 is 0 Å². The minimum absolute atomic E-state index is 0.133. The first kappa shape index (κ1) is 27.2. The van der Waals surface area contributed by atoms with Crippen molar-refractivity contribution in [2.24, 2.45) is 0 Å². The molecule has 1 aromatic carbocycles. The monoisotopic (exact) mass is 440 g/mol. The van der Waals surface area contributed by atoms with Crippen molar-refractivity contribution in [3.05, 3.63) is 29.6 Å². The van der Waals surface area contributed by atoms with Gasteiger partial charge in [0.1, 0.15) is 18.4 Å². The maximum absolute atomic E-state index is 15.2. The molecule has 0 bridgehead atoms. The average molecular weight is 441 g/mol. The Morgan fingerprint density at radius 2 is 2.10 bits per heavy atom. The molecule has 2 rings (SSSR count). The summed E-state index contributed by atoms with van der Waals surface area (Å²) >= 11 is 0. The molecule has 1 aromatic rings. The van der Waals surface area contributed by atoms with E-state index in [9.17, 15) is 5.11 Å². The number of anilines is 2. The largest absolute Gasteiger partial charge is 0.487 e. The van der Waals surface area contributed by atoms with E-state index in [1.807, 2.05) is 39.8 Å². The number of aliphatic hydroxyl groups is 1. The molecule has 1 aliphatic heterocycles. The summed E-state index contributed by atoms with van der Waals surface area (Å²) in [5.74, 6) is 0.143. The van der Waals surface area contributed by atoms with Gasteiger partial charge in [-0.15, -0.1) is 0 Å². The van der Waals surface area contributed by atoms with Gasteiger partial charge >= 0.3 is 0 Å². The molecule has 178 valence electrons. The van der Waals surface area contributed by atoms with Crippen LogP contribution in [-0.4, -0.2) is 65.1 Å². The van der Waals surface area contributed by atoms with Gasteiger partial charge in [0.05, 0.1) is 18.3 Å². The summed E-state index contributed by atoms with van der Waals surface area (Å²) < 4.78 is 21.2. The number of likely N-dealkylation sites (N-methyl/N-ethyl adjacent to an activating group) is 3. The maximum Gasteiger partial charge on any atom is 0.169 e. The van der Waals surface area contributed by atoms with E-state index in [1.165, 1.54) is 6.07 Å². The summed E-state index contributed by atoms with van der Waals surface area (Å²) in [5.41, 5.74) is 4.92. The van der Waals surface area contributed by atoms with Gasteiger partial charge in [-0.05, 0) is 45.9 Å². The third kappa shape index (κ3) is 6.80. The fourth-order valence-electron chi connectivity index (χ4n) is 3.40. The van der Waals surface area contributed by atoms with E-state index in [4.69, 9.17) is 4.74 Å². The van der Waals surface area contributed by atoms with Crippen molar-refractivity contribution in [1.29, 1.82) is 0 Å². The topological polar surface area (TPSA) is 69.2 Å². The maximum atomic E-state index is 15.2. The lowest BCUT2D eigenvalue weighted by Crippen LogP contribution is -2.40. The molecule has 0 saturated heterocycles. The van der Waals surface area contributed by atoms with Crippen molar-refractivity contribution in [3.8, 4) is 5.75 Å². The molecule has 2 unspecified atom stereocenters. The molecule has 0 spiro atoms. The van der Waals surface area contributed by atoms with Gasteiger partial charge in [0.15, 0.2) is 11.6 Å². The summed E-state index contributed by atoms with van der Waals surface area (Å²) in [6.45, 7) is 15.1. The number of rotatable bonds is 10. The Hall–Kier alpha value is -1.87. The number of aliphatic hydroxyl groups excluding tert-OH is 1. The number of ether oxygens (including phenoxy) is 1. The standard InChI is InChI=1S/C20H32FN3O2.C3H9NO/c1-7-13(3)19(25)15-11-16(21)18(24(8-2)10-9-22-5)20-17(15)23(6)14(4)12-26-20;1-3-5-4-2/h11,14,19,22,25H,3,7-10,12H2,1-2,4-6H3;4H,3H2,1-2H3. The van der Waals surface area contributed by atoms with Crippen LogP contribution in [0.5, 0.6) is 5.75 Å². The summed E-state index contributed by atoms with van der Waals surface area (Å²) in [7, 11) is 5.58. The Morgan fingerprint density at radius 3 is 2.58 bits per heavy atom. The molecule has 0 radical (unpaired) electrons. The third-order valence-electron chi connectivity index (χ3n) is 5.45. The lowest BCUT2D eigenvalue weighted by Gasteiger charge is -2.39. The van der Waals surface area contributed by atoms with Crippen LogP contribution in [0, 0.1) is 5.82 Å². The number of benzene rings is 1. The number of halogens is 1. The van der Waals surface area contributed by atoms with Gasteiger partial charge in [-0.3, -0.25) is 0 Å². The molecule has 2 atom stereocenters. The van der Waals surface area contributed by atoms with Crippen LogP contribution in [0.3, 0.4) is 0 Å².